The van der Waals surface area contributed by atoms with E-state index in [1.165, 1.54) is 0 Å². The Balaban J connectivity index is 2.54. The van der Waals surface area contributed by atoms with Crippen molar-refractivity contribution < 1.29 is 19.0 Å². The summed E-state index contributed by atoms with van der Waals surface area (Å²) < 4.78 is 5.13. The zero-order chi connectivity index (χ0) is 16.8. The zero-order valence-corrected chi connectivity index (χ0v) is 14.1. The summed E-state index contributed by atoms with van der Waals surface area (Å²) in [4.78, 5) is 24.5. The Morgan fingerprint density at radius 1 is 1.23 bits per heavy atom. The minimum absolute atomic E-state index is 0.0539. The van der Waals surface area contributed by atoms with Gasteiger partial charge < -0.3 is 14.7 Å². The van der Waals surface area contributed by atoms with Gasteiger partial charge in [0, 0.05) is 18.0 Å². The number of quaternary nitrogens is 1. The molecule has 0 aliphatic rings. The van der Waals surface area contributed by atoms with Gasteiger partial charge in [0.25, 0.3) is 11.8 Å². The fraction of sp³-hybridized carbons (Fsp3) is 0.667. The van der Waals surface area contributed by atoms with Gasteiger partial charge in [-0.3, -0.25) is 14.9 Å². The lowest BCUT2D eigenvalue weighted by atomic mass is 9.92. The van der Waals surface area contributed by atoms with E-state index in [0.717, 1.165) is 10.6 Å². The molecule has 0 saturated carbocycles. The van der Waals surface area contributed by atoms with Crippen LogP contribution in [0.1, 0.15) is 40.3 Å². The molecule has 0 aromatic carbocycles. The molecule has 0 spiro atoms. The third-order valence-electron chi connectivity index (χ3n) is 3.24. The first-order chi connectivity index (χ1) is 10.3. The van der Waals surface area contributed by atoms with Gasteiger partial charge in [-0.2, -0.15) is 0 Å². The average Bonchev–Trinajstić information content (AvgIpc) is 2.86. The Bertz CT molecular complexity index is 505. The third-order valence-corrected chi connectivity index (χ3v) is 3.24. The van der Waals surface area contributed by atoms with E-state index in [2.05, 4.69) is 15.8 Å². The van der Waals surface area contributed by atoms with E-state index in [1.54, 1.807) is 6.07 Å². The Hall–Kier alpha value is -1.89. The monoisotopic (exact) mass is 311 g/mol. The molecule has 22 heavy (non-hydrogen) atoms. The molecule has 0 aliphatic carbocycles. The van der Waals surface area contributed by atoms with Gasteiger partial charge in [0.2, 0.25) is 5.88 Å². The highest BCUT2D eigenvalue weighted by atomic mass is 16.5. The maximum atomic E-state index is 12.0. The average molecular weight is 311 g/mol. The number of carbonyl (C=O) groups is 2. The van der Waals surface area contributed by atoms with E-state index in [0.29, 0.717) is 19.0 Å². The van der Waals surface area contributed by atoms with Crippen LogP contribution >= 0.6 is 0 Å². The van der Waals surface area contributed by atoms with Crippen LogP contribution < -0.4 is 15.5 Å². The lowest BCUT2D eigenvalue weighted by Crippen LogP contribution is -3.14. The van der Waals surface area contributed by atoms with Crippen molar-refractivity contribution in [1.29, 1.82) is 0 Å². The molecule has 124 valence electrons. The fourth-order valence-corrected chi connectivity index (χ4v) is 1.90. The Morgan fingerprint density at radius 3 is 2.36 bits per heavy atom. The van der Waals surface area contributed by atoms with Crippen molar-refractivity contribution in [3.05, 3.63) is 11.8 Å². The van der Waals surface area contributed by atoms with Crippen molar-refractivity contribution in [2.45, 2.75) is 40.0 Å². The standard InChI is InChI=1S/C15H26N4O3/c1-6-16-12(20)9-19(7-2)10-13(21)17-14-8-11(18-22-14)15(3,4)5/h8H,6-7,9-10H2,1-5H3,(H,16,20)(H,17,21)/p+1. The van der Waals surface area contributed by atoms with Crippen LogP contribution in [-0.4, -0.2) is 43.2 Å². The largest absolute Gasteiger partial charge is 0.351 e. The smallest absolute Gasteiger partial charge is 0.281 e. The van der Waals surface area contributed by atoms with Gasteiger partial charge in [0.15, 0.2) is 13.1 Å². The molecule has 1 rings (SSSR count). The van der Waals surface area contributed by atoms with Crippen LogP contribution in [0.2, 0.25) is 0 Å². The van der Waals surface area contributed by atoms with E-state index in [4.69, 9.17) is 4.52 Å². The maximum Gasteiger partial charge on any atom is 0.281 e. The molecule has 1 aromatic rings. The van der Waals surface area contributed by atoms with Gasteiger partial charge in [-0.25, -0.2) is 0 Å². The van der Waals surface area contributed by atoms with Crippen molar-refractivity contribution in [3.8, 4) is 0 Å². The van der Waals surface area contributed by atoms with Crippen molar-refractivity contribution in [1.82, 2.24) is 10.5 Å². The highest BCUT2D eigenvalue weighted by Gasteiger charge is 2.21. The van der Waals surface area contributed by atoms with Crippen LogP contribution in [0.3, 0.4) is 0 Å². The number of rotatable bonds is 7. The first-order valence-electron chi connectivity index (χ1n) is 7.63. The molecule has 7 nitrogen and oxygen atoms in total. The van der Waals surface area contributed by atoms with E-state index < -0.39 is 0 Å². The summed E-state index contributed by atoms with van der Waals surface area (Å²) in [5.74, 6) is 0.0861. The number of nitrogens with one attached hydrogen (secondary N) is 3. The number of aromatic nitrogens is 1. The second kappa shape index (κ2) is 7.93. The van der Waals surface area contributed by atoms with E-state index >= 15 is 0 Å². The van der Waals surface area contributed by atoms with Crippen molar-refractivity contribution >= 4 is 17.7 Å². The molecule has 3 N–H and O–H groups in total. The van der Waals surface area contributed by atoms with Gasteiger partial charge in [0.05, 0.1) is 12.2 Å². The summed E-state index contributed by atoms with van der Waals surface area (Å²) in [6, 6.07) is 1.73. The molecule has 1 aromatic heterocycles. The van der Waals surface area contributed by atoms with Crippen LogP contribution in [-0.2, 0) is 15.0 Å². The third kappa shape index (κ3) is 5.85. The normalized spacial score (nSPS) is 12.8. The summed E-state index contributed by atoms with van der Waals surface area (Å²) >= 11 is 0. The molecule has 2 amide bonds. The first-order valence-corrected chi connectivity index (χ1v) is 7.63. The number of hydrogen-bond acceptors (Lipinski definition) is 4. The molecule has 0 radical (unpaired) electrons. The summed E-state index contributed by atoms with van der Waals surface area (Å²) in [7, 11) is 0. The zero-order valence-electron chi connectivity index (χ0n) is 14.1. The van der Waals surface area contributed by atoms with Gasteiger partial charge in [-0.05, 0) is 13.8 Å². The summed E-state index contributed by atoms with van der Waals surface area (Å²) in [5, 5.41) is 9.37. The van der Waals surface area contributed by atoms with Crippen molar-refractivity contribution in [2.24, 2.45) is 0 Å². The number of hydrogen-bond donors (Lipinski definition) is 3. The number of anilines is 1. The highest BCUT2D eigenvalue weighted by Crippen LogP contribution is 2.23. The van der Waals surface area contributed by atoms with Crippen LogP contribution in [0.4, 0.5) is 5.88 Å². The summed E-state index contributed by atoms with van der Waals surface area (Å²) in [6.45, 7) is 11.6. The molecule has 1 atom stereocenters. The molecule has 1 unspecified atom stereocenters. The fourth-order valence-electron chi connectivity index (χ4n) is 1.90. The Labute approximate surface area is 131 Å². The lowest BCUT2D eigenvalue weighted by molar-refractivity contribution is -0.881. The number of carbonyl (C=O) groups excluding carboxylic acids is 2. The van der Waals surface area contributed by atoms with Crippen LogP contribution in [0.15, 0.2) is 10.6 Å². The molecule has 1 heterocycles. The Kier molecular flexibility index (Phi) is 6.55. The number of amides is 2. The minimum atomic E-state index is -0.197. The predicted octanol–water partition coefficient (Wildman–Crippen LogP) is -0.0485. The summed E-state index contributed by atoms with van der Waals surface area (Å²) in [6.07, 6.45) is 0. The lowest BCUT2D eigenvalue weighted by Gasteiger charge is -2.16. The van der Waals surface area contributed by atoms with Gasteiger partial charge in [-0.1, -0.05) is 25.9 Å². The SMILES string of the molecule is CCNC(=O)C[NH+](CC)CC(=O)Nc1cc(C(C)(C)C)no1. The predicted molar refractivity (Wildman–Crippen MR) is 83.8 cm³/mol. The van der Waals surface area contributed by atoms with E-state index in [-0.39, 0.29) is 30.3 Å². The van der Waals surface area contributed by atoms with Gasteiger partial charge in [0.1, 0.15) is 0 Å². The molecule has 7 heteroatoms. The van der Waals surface area contributed by atoms with Crippen LogP contribution in [0.25, 0.3) is 0 Å². The summed E-state index contributed by atoms with van der Waals surface area (Å²) in [5.41, 5.74) is 0.649. The van der Waals surface area contributed by atoms with Crippen molar-refractivity contribution in [2.75, 3.05) is 31.5 Å². The van der Waals surface area contributed by atoms with Crippen LogP contribution in [0.5, 0.6) is 0 Å². The first kappa shape index (κ1) is 18.2. The van der Waals surface area contributed by atoms with Crippen molar-refractivity contribution in [3.63, 3.8) is 0 Å². The van der Waals surface area contributed by atoms with E-state index in [1.807, 2.05) is 34.6 Å². The quantitative estimate of drug-likeness (QED) is 0.659. The topological polar surface area (TPSA) is 88.7 Å². The highest BCUT2D eigenvalue weighted by molar-refractivity contribution is 5.90. The molecular weight excluding hydrogens is 284 g/mol. The van der Waals surface area contributed by atoms with E-state index in [9.17, 15) is 9.59 Å². The molecule has 0 fully saturated rings. The van der Waals surface area contributed by atoms with Crippen LogP contribution in [0, 0.1) is 0 Å². The van der Waals surface area contributed by atoms with Gasteiger partial charge >= 0.3 is 0 Å². The number of likely N-dealkylation sites (N-methyl/N-ethyl adjacent to an activating group) is 2. The molecular formula is C15H27N4O3+. The Morgan fingerprint density at radius 2 is 1.86 bits per heavy atom. The molecule has 0 saturated heterocycles. The van der Waals surface area contributed by atoms with Gasteiger partial charge in [-0.15, -0.1) is 0 Å². The molecule has 0 aliphatic heterocycles. The molecule has 0 bridgehead atoms. The number of nitrogens with zero attached hydrogens (tertiary/aromatic N) is 1. The second-order valence-electron chi connectivity index (χ2n) is 6.29. The minimum Gasteiger partial charge on any atom is -0.351 e. The maximum absolute atomic E-state index is 12.0. The second-order valence-corrected chi connectivity index (χ2v) is 6.29.